The van der Waals surface area contributed by atoms with Crippen molar-refractivity contribution in [3.63, 3.8) is 0 Å². The Kier molecular flexibility index (Phi) is 8.95. The minimum absolute atomic E-state index is 0.750. The maximum atomic E-state index is 4.85. The van der Waals surface area contributed by atoms with Gasteiger partial charge in [-0.15, -0.1) is 0 Å². The van der Waals surface area contributed by atoms with Crippen molar-refractivity contribution in [2.24, 2.45) is 5.73 Å². The summed E-state index contributed by atoms with van der Waals surface area (Å²) < 4.78 is 0. The number of piperidine rings is 1. The van der Waals surface area contributed by atoms with Crippen molar-refractivity contribution in [2.45, 2.75) is 39.5 Å². The summed E-state index contributed by atoms with van der Waals surface area (Å²) in [6, 6.07) is 0. The number of likely N-dealkylation sites (tertiary alicyclic amines) is 1. The molecule has 0 atom stereocenters. The molecule has 74 valence electrons. The molecule has 0 saturated carbocycles. The van der Waals surface area contributed by atoms with Crippen molar-refractivity contribution < 1.29 is 0 Å². The van der Waals surface area contributed by atoms with Crippen molar-refractivity contribution in [3.05, 3.63) is 0 Å². The molecule has 0 spiro atoms. The summed E-state index contributed by atoms with van der Waals surface area (Å²) >= 11 is 0. The summed E-state index contributed by atoms with van der Waals surface area (Å²) in [4.78, 5) is 2.57. The van der Waals surface area contributed by atoms with Crippen LogP contribution in [0.3, 0.4) is 0 Å². The van der Waals surface area contributed by atoms with Gasteiger partial charge in [0, 0.05) is 0 Å². The molecule has 0 aliphatic carbocycles. The first-order valence-electron chi connectivity index (χ1n) is 5.27. The van der Waals surface area contributed by atoms with Gasteiger partial charge >= 0.3 is 0 Å². The lowest BCUT2D eigenvalue weighted by molar-refractivity contribution is 0.229. The molecule has 1 rings (SSSR count). The van der Waals surface area contributed by atoms with Crippen LogP contribution in [0.4, 0.5) is 0 Å². The zero-order valence-corrected chi connectivity index (χ0v) is 8.68. The first-order valence-corrected chi connectivity index (χ1v) is 5.27. The molecule has 0 radical (unpaired) electrons. The molecule has 2 nitrogen and oxygen atoms in total. The van der Waals surface area contributed by atoms with Crippen LogP contribution in [-0.2, 0) is 0 Å². The van der Waals surface area contributed by atoms with Crippen LogP contribution in [0.15, 0.2) is 0 Å². The summed E-state index contributed by atoms with van der Waals surface area (Å²) in [5.74, 6) is 0. The molecule has 0 unspecified atom stereocenters. The van der Waals surface area contributed by atoms with Crippen LogP contribution >= 0.6 is 0 Å². The lowest BCUT2D eigenvalue weighted by Crippen LogP contribution is -2.30. The molecule has 1 fully saturated rings. The van der Waals surface area contributed by atoms with E-state index in [9.17, 15) is 0 Å². The van der Waals surface area contributed by atoms with Gasteiger partial charge in [0.05, 0.1) is 0 Å². The van der Waals surface area contributed by atoms with Gasteiger partial charge in [0.25, 0.3) is 0 Å². The molecule has 1 aliphatic rings. The highest BCUT2D eigenvalue weighted by molar-refractivity contribution is 4.62. The Morgan fingerprint density at radius 3 is 2.00 bits per heavy atom. The number of rotatable bonds is 2. The quantitative estimate of drug-likeness (QED) is 0.689. The first kappa shape index (κ1) is 11.9. The average molecular weight is 172 g/mol. The van der Waals surface area contributed by atoms with E-state index in [4.69, 9.17) is 5.73 Å². The van der Waals surface area contributed by atoms with E-state index in [1.807, 2.05) is 6.92 Å². The van der Waals surface area contributed by atoms with Crippen molar-refractivity contribution in [3.8, 4) is 0 Å². The molecule has 1 heterocycles. The van der Waals surface area contributed by atoms with Gasteiger partial charge in [-0.1, -0.05) is 20.3 Å². The van der Waals surface area contributed by atoms with Gasteiger partial charge in [-0.25, -0.2) is 0 Å². The van der Waals surface area contributed by atoms with E-state index in [1.54, 1.807) is 0 Å². The number of hydrogen-bond acceptors (Lipinski definition) is 2. The Morgan fingerprint density at radius 2 is 1.58 bits per heavy atom. The topological polar surface area (TPSA) is 29.3 Å². The third-order valence-corrected chi connectivity index (χ3v) is 1.99. The average Bonchev–Trinajstić information content (AvgIpc) is 2.08. The summed E-state index contributed by atoms with van der Waals surface area (Å²) in [6.45, 7) is 8.94. The van der Waals surface area contributed by atoms with Crippen LogP contribution in [0.5, 0.6) is 0 Å². The number of nitrogens with two attached hydrogens (primary N) is 1. The molecule has 1 aliphatic heterocycles. The van der Waals surface area contributed by atoms with Gasteiger partial charge < -0.3 is 10.6 Å². The van der Waals surface area contributed by atoms with Crippen LogP contribution < -0.4 is 5.73 Å². The maximum absolute atomic E-state index is 4.85. The molecule has 1 saturated heterocycles. The largest absolute Gasteiger partial charge is 0.331 e. The first-order chi connectivity index (χ1) is 5.85. The van der Waals surface area contributed by atoms with Crippen LogP contribution in [0.25, 0.3) is 0 Å². The second-order valence-electron chi connectivity index (χ2n) is 3.31. The fourth-order valence-electron chi connectivity index (χ4n) is 1.50. The predicted octanol–water partition coefficient (Wildman–Crippen LogP) is 1.85. The molecule has 0 aromatic rings. The predicted molar refractivity (Wildman–Crippen MR) is 55.3 cm³/mol. The van der Waals surface area contributed by atoms with E-state index in [-0.39, 0.29) is 0 Å². The van der Waals surface area contributed by atoms with E-state index in [0.29, 0.717) is 0 Å². The fourth-order valence-corrected chi connectivity index (χ4v) is 1.50. The van der Waals surface area contributed by atoms with E-state index < -0.39 is 0 Å². The Hall–Kier alpha value is -0.0800. The summed E-state index contributed by atoms with van der Waals surface area (Å²) in [7, 11) is 0. The molecule has 0 aromatic carbocycles. The smallest absolute Gasteiger partial charge is 0.00187 e. The SMILES string of the molecule is CCCN1CCCCC1.CCN. The van der Waals surface area contributed by atoms with E-state index in [0.717, 1.165) is 6.54 Å². The highest BCUT2D eigenvalue weighted by Crippen LogP contribution is 2.07. The number of hydrogen-bond donors (Lipinski definition) is 1. The molecule has 0 amide bonds. The Labute approximate surface area is 77.1 Å². The van der Waals surface area contributed by atoms with Crippen molar-refractivity contribution in [1.29, 1.82) is 0 Å². The van der Waals surface area contributed by atoms with Gasteiger partial charge in [0.2, 0.25) is 0 Å². The maximum Gasteiger partial charge on any atom is -0.00187 e. The van der Waals surface area contributed by atoms with Gasteiger partial charge in [-0.2, -0.15) is 0 Å². The molecule has 0 bridgehead atoms. The molecular formula is C10H24N2. The Balaban J connectivity index is 0.000000354. The van der Waals surface area contributed by atoms with Crippen LogP contribution in [-0.4, -0.2) is 31.1 Å². The van der Waals surface area contributed by atoms with Crippen LogP contribution in [0.1, 0.15) is 39.5 Å². The second kappa shape index (κ2) is 9.01. The van der Waals surface area contributed by atoms with Gasteiger partial charge in [-0.05, 0) is 45.4 Å². The highest BCUT2D eigenvalue weighted by atomic mass is 15.1. The Morgan fingerprint density at radius 1 is 1.08 bits per heavy atom. The van der Waals surface area contributed by atoms with E-state index >= 15 is 0 Å². The summed E-state index contributed by atoms with van der Waals surface area (Å²) in [6.07, 6.45) is 5.64. The molecule has 0 aromatic heterocycles. The molecular weight excluding hydrogens is 148 g/mol. The highest BCUT2D eigenvalue weighted by Gasteiger charge is 2.07. The second-order valence-corrected chi connectivity index (χ2v) is 3.31. The summed E-state index contributed by atoms with van der Waals surface area (Å²) in [5.41, 5.74) is 4.85. The minimum Gasteiger partial charge on any atom is -0.331 e. The van der Waals surface area contributed by atoms with Gasteiger partial charge in [0.15, 0.2) is 0 Å². The fraction of sp³-hybridized carbons (Fsp3) is 1.00. The zero-order chi connectivity index (χ0) is 9.23. The Bertz CT molecular complexity index is 75.2. The van der Waals surface area contributed by atoms with Gasteiger partial charge in [-0.3, -0.25) is 0 Å². The lowest BCUT2D eigenvalue weighted by Gasteiger charge is -2.25. The van der Waals surface area contributed by atoms with Crippen LogP contribution in [0.2, 0.25) is 0 Å². The zero-order valence-electron chi connectivity index (χ0n) is 8.68. The van der Waals surface area contributed by atoms with E-state index in [1.165, 1.54) is 45.3 Å². The standard InChI is InChI=1S/C8H17N.C2H7N/c1-2-6-9-7-4-3-5-8-9;1-2-3/h2-8H2,1H3;2-3H2,1H3. The lowest BCUT2D eigenvalue weighted by atomic mass is 10.1. The van der Waals surface area contributed by atoms with Crippen molar-refractivity contribution in [1.82, 2.24) is 4.90 Å². The molecule has 2 N–H and O–H groups in total. The monoisotopic (exact) mass is 172 g/mol. The normalized spacial score (nSPS) is 18.2. The van der Waals surface area contributed by atoms with E-state index in [2.05, 4.69) is 11.8 Å². The minimum atomic E-state index is 0.750. The number of nitrogens with zero attached hydrogens (tertiary/aromatic N) is 1. The van der Waals surface area contributed by atoms with Crippen LogP contribution in [0, 0.1) is 0 Å². The molecule has 12 heavy (non-hydrogen) atoms. The van der Waals surface area contributed by atoms with Crippen molar-refractivity contribution >= 4 is 0 Å². The third-order valence-electron chi connectivity index (χ3n) is 1.99. The third kappa shape index (κ3) is 6.62. The molecule has 2 heteroatoms. The van der Waals surface area contributed by atoms with Crippen molar-refractivity contribution in [2.75, 3.05) is 26.2 Å². The summed E-state index contributed by atoms with van der Waals surface area (Å²) in [5, 5.41) is 0. The van der Waals surface area contributed by atoms with Gasteiger partial charge in [0.1, 0.15) is 0 Å².